The molecule has 0 saturated carbocycles. The van der Waals surface area contributed by atoms with E-state index >= 15 is 0 Å². The van der Waals surface area contributed by atoms with Crippen molar-refractivity contribution < 1.29 is 94.9 Å². The van der Waals surface area contributed by atoms with Crippen molar-refractivity contribution in [1.29, 1.82) is 0 Å². The summed E-state index contributed by atoms with van der Waals surface area (Å²) in [6, 6.07) is 0. The highest BCUT2D eigenvalue weighted by Crippen LogP contribution is 2.61. The molecule has 0 bridgehead atoms. The van der Waals surface area contributed by atoms with Gasteiger partial charge in [-0.2, -0.15) is 16.9 Å². The Balaban J connectivity index is 0.00000181. The first-order chi connectivity index (χ1) is 24.2. The van der Waals surface area contributed by atoms with Crippen LogP contribution in [0, 0.1) is 5.41 Å². The van der Waals surface area contributed by atoms with Gasteiger partial charge in [0.05, 0.1) is 19.5 Å². The van der Waals surface area contributed by atoms with Crippen LogP contribution < -0.4 is 16.4 Å². The highest BCUT2D eigenvalue weighted by molar-refractivity contribution is 7.80. The Bertz CT molecular complexity index is 1750. The fourth-order valence-corrected chi connectivity index (χ4v) is 7.08. The van der Waals surface area contributed by atoms with Crippen LogP contribution >= 0.6 is 43.9 Å². The summed E-state index contributed by atoms with van der Waals surface area (Å²) in [5.74, 6) is -0.943. The van der Waals surface area contributed by atoms with E-state index in [1.807, 2.05) is 0 Å². The summed E-state index contributed by atoms with van der Waals surface area (Å²) in [6.07, 6.45) is -6.74. The van der Waals surface area contributed by atoms with Crippen LogP contribution in [0.15, 0.2) is 12.7 Å². The van der Waals surface area contributed by atoms with E-state index in [9.17, 15) is 53.1 Å². The molecule has 0 aliphatic carbocycles. The third kappa shape index (κ3) is 15.9. The number of thiol groups is 1. The van der Waals surface area contributed by atoms with Crippen LogP contribution in [-0.2, 0) is 50.5 Å². The highest BCUT2D eigenvalue weighted by atomic mass is 32.1. The fraction of sp³-hybridized carbons (Fsp3) is 0.667. The summed E-state index contributed by atoms with van der Waals surface area (Å²) in [7, 11) is -20.9. The van der Waals surface area contributed by atoms with Gasteiger partial charge in [-0.3, -0.25) is 27.7 Å². The number of nitrogen functional groups attached to an aromatic ring is 1. The van der Waals surface area contributed by atoms with E-state index in [-0.39, 0.29) is 35.9 Å². The summed E-state index contributed by atoms with van der Waals surface area (Å²) < 4.78 is 70.6. The van der Waals surface area contributed by atoms with E-state index in [0.29, 0.717) is 12.3 Å². The van der Waals surface area contributed by atoms with Crippen molar-refractivity contribution in [3.63, 3.8) is 0 Å². The van der Waals surface area contributed by atoms with Gasteiger partial charge in [-0.1, -0.05) is 13.8 Å². The number of nitrogens with one attached hydrogen (secondary N) is 2. The smallest absolute Gasteiger partial charge is 0.386 e. The predicted molar refractivity (Wildman–Crippen MR) is 178 cm³/mol. The van der Waals surface area contributed by atoms with Gasteiger partial charge in [0.2, 0.25) is 11.8 Å². The molecule has 32 heteroatoms. The average Bonchev–Trinajstić information content (AvgIpc) is 3.57. The van der Waals surface area contributed by atoms with Crippen molar-refractivity contribution in [2.75, 3.05) is 37.8 Å². The van der Waals surface area contributed by atoms with Crippen LogP contribution in [0.5, 0.6) is 0 Å². The minimum Gasteiger partial charge on any atom is -0.386 e. The number of rotatable bonds is 18. The van der Waals surface area contributed by atoms with Gasteiger partial charge in [-0.05, 0) is 0 Å². The Kier molecular flexibility index (Phi) is 17.1. The van der Waals surface area contributed by atoms with E-state index in [1.54, 1.807) is 0 Å². The van der Waals surface area contributed by atoms with E-state index in [0.717, 1.165) is 17.2 Å². The number of fused-ring (bicyclic) bond motifs is 1. The molecule has 1 fully saturated rings. The first-order valence-corrected chi connectivity index (χ1v) is 21.2. The number of aliphatic hydroxyl groups excluding tert-OH is 2. The van der Waals surface area contributed by atoms with Gasteiger partial charge < -0.3 is 65.6 Å². The van der Waals surface area contributed by atoms with Crippen molar-refractivity contribution in [2.24, 2.45) is 5.41 Å². The van der Waals surface area contributed by atoms with Crippen molar-refractivity contribution >= 4 is 72.7 Å². The molecule has 3 rings (SSSR count). The van der Waals surface area contributed by atoms with Crippen molar-refractivity contribution in [3.05, 3.63) is 12.7 Å². The van der Waals surface area contributed by atoms with Crippen LogP contribution in [0.4, 0.5) is 5.82 Å². The van der Waals surface area contributed by atoms with Crippen molar-refractivity contribution in [1.82, 2.24) is 30.2 Å². The number of phosphoric ester groups is 3. The van der Waals surface area contributed by atoms with Gasteiger partial charge in [-0.25, -0.2) is 33.2 Å². The second-order valence-electron chi connectivity index (χ2n) is 11.3. The van der Waals surface area contributed by atoms with Gasteiger partial charge in [0.1, 0.15) is 36.3 Å². The molecule has 304 valence electrons. The molecule has 0 radical (unpaired) electrons. The summed E-state index contributed by atoms with van der Waals surface area (Å²) in [5, 5.41) is 26.1. The number of hydrogen-bond donors (Lipinski definition) is 13. The Labute approximate surface area is 304 Å². The lowest BCUT2D eigenvalue weighted by Gasteiger charge is -2.30. The summed E-state index contributed by atoms with van der Waals surface area (Å²) in [5.41, 5.74) is 4.30. The van der Waals surface area contributed by atoms with Crippen LogP contribution in [-0.4, -0.2) is 132 Å². The van der Waals surface area contributed by atoms with Gasteiger partial charge >= 0.3 is 31.3 Å². The molecular weight excluding hydrogens is 826 g/mol. The lowest BCUT2D eigenvalue weighted by Crippen LogP contribution is -2.46. The Morgan fingerprint density at radius 2 is 1.62 bits per heavy atom. The number of imidazole rings is 1. The number of carbonyl (C=O) groups excluding carboxylic acids is 2. The highest BCUT2D eigenvalue weighted by Gasteiger charge is 2.50. The monoisotopic (exact) mass is 865 g/mol. The third-order valence-corrected chi connectivity index (χ3v) is 9.83. The molecule has 27 nitrogen and oxygen atoms in total. The van der Waals surface area contributed by atoms with Crippen molar-refractivity contribution in [2.45, 2.75) is 50.9 Å². The second kappa shape index (κ2) is 19.2. The number of hydrogen-bond acceptors (Lipinski definition) is 18. The minimum atomic E-state index is -5.54. The molecule has 2 unspecified atom stereocenters. The molecule has 2 aromatic rings. The summed E-state index contributed by atoms with van der Waals surface area (Å²) >= 11 is 3.95. The second-order valence-corrected chi connectivity index (χ2v) is 17.0. The number of anilines is 1. The molecule has 3 heterocycles. The number of nitrogens with zero attached hydrogens (tertiary/aromatic N) is 4. The normalized spacial score (nSPS) is 22.3. The van der Waals surface area contributed by atoms with Crippen LogP contribution in [0.1, 0.15) is 26.5 Å². The number of aromatic nitrogens is 4. The van der Waals surface area contributed by atoms with E-state index < -0.39 is 86.5 Å². The molecule has 0 aromatic carbocycles. The Morgan fingerprint density at radius 3 is 2.21 bits per heavy atom. The molecule has 1 saturated heterocycles. The largest absolute Gasteiger partial charge is 0.481 e. The van der Waals surface area contributed by atoms with Crippen LogP contribution in [0.25, 0.3) is 11.2 Å². The van der Waals surface area contributed by atoms with E-state index in [4.69, 9.17) is 38.8 Å². The number of ether oxygens (including phenoxy) is 1. The first kappa shape index (κ1) is 47.2. The molecule has 53 heavy (non-hydrogen) atoms. The van der Waals surface area contributed by atoms with Crippen LogP contribution in [0.2, 0.25) is 0 Å². The molecular formula is C21H39N7O20P4S. The third-order valence-electron chi connectivity index (χ3n) is 6.51. The first-order valence-electron chi connectivity index (χ1n) is 14.4. The summed E-state index contributed by atoms with van der Waals surface area (Å²) in [4.78, 5) is 96.2. The van der Waals surface area contributed by atoms with Gasteiger partial charge in [0.25, 0.3) is 0 Å². The zero-order chi connectivity index (χ0) is 40.6. The molecule has 7 atom stereocenters. The zero-order valence-corrected chi connectivity index (χ0v) is 31.9. The van der Waals surface area contributed by atoms with Crippen LogP contribution in [0.3, 0.4) is 0 Å². The average molecular weight is 866 g/mol. The lowest BCUT2D eigenvalue weighted by atomic mass is 9.87. The SMILES string of the molecule is CC(C)(COP(=O)(O)OP(=O)(O)OC[C@H]1O[C@@H](n2cnc3c(N)ncnc32)[C@H](O)[C@@H]1OP(=O)(O)O)[C@@H](O)C(=O)NCCC(=O)NCCS.O=P(O)(O)O. The molecule has 0 spiro atoms. The van der Waals surface area contributed by atoms with Gasteiger partial charge in [-0.15, -0.1) is 0 Å². The number of amides is 2. The summed E-state index contributed by atoms with van der Waals surface area (Å²) in [6.45, 7) is 0.723. The Hall–Kier alpha value is -2.00. The maximum absolute atomic E-state index is 12.6. The predicted octanol–water partition coefficient (Wildman–Crippen LogP) is -2.59. The number of nitrogens with two attached hydrogens (primary N) is 1. The minimum absolute atomic E-state index is 0.0363. The van der Waals surface area contributed by atoms with E-state index in [1.165, 1.54) is 13.8 Å². The van der Waals surface area contributed by atoms with Crippen molar-refractivity contribution in [3.8, 4) is 0 Å². The van der Waals surface area contributed by atoms with E-state index in [2.05, 4.69) is 47.0 Å². The molecule has 1 aliphatic rings. The fourth-order valence-electron chi connectivity index (χ4n) is 4.14. The molecule has 1 aliphatic heterocycles. The molecule has 13 N–H and O–H groups in total. The van der Waals surface area contributed by atoms with Gasteiger partial charge in [0.15, 0.2) is 17.7 Å². The lowest BCUT2D eigenvalue weighted by molar-refractivity contribution is -0.137. The maximum Gasteiger partial charge on any atom is 0.481 e. The number of aliphatic hydroxyl groups is 2. The number of carbonyl (C=O) groups is 2. The Morgan fingerprint density at radius 1 is 1.02 bits per heavy atom. The standard InChI is InChI=1S/C21H36N7O16P3S.H3O4P/c1-21(2,16(31)19(32)24-4-3-12(29)23-5-6-48)8-41-47(38,39)44-46(36,37)40-7-11-15(43-45(33,34)35)14(30)20(42-11)28-10-27-13-17(22)25-9-26-18(13)28;1-5(2,3)4/h9-11,14-16,20,30-31,48H,3-8H2,1-2H3,(H,23,29)(H,24,32)(H,36,37)(H,38,39)(H2,22,25,26)(H2,33,34,35);(H3,1,2,3,4)/t11-,14-,15-,16+,20-;/m1./s1. The molecule has 2 aromatic heterocycles. The quantitative estimate of drug-likeness (QED) is 0.0540. The topological polar surface area (TPSA) is 424 Å². The number of phosphoric acid groups is 4. The molecule has 2 amide bonds. The zero-order valence-electron chi connectivity index (χ0n) is 27.4. The van der Waals surface area contributed by atoms with Gasteiger partial charge in [0, 0.05) is 30.7 Å². The maximum atomic E-state index is 12.6.